The van der Waals surface area contributed by atoms with Crippen molar-refractivity contribution < 1.29 is 5.11 Å². The van der Waals surface area contributed by atoms with Crippen molar-refractivity contribution in [2.24, 2.45) is 0 Å². The molecule has 0 saturated carbocycles. The molecule has 0 spiro atoms. The molecule has 0 bridgehead atoms. The maximum Gasteiger partial charge on any atom is 0.201 e. The number of fused-ring (bicyclic) bond motifs is 1. The molecule has 9 heteroatoms. The van der Waals surface area contributed by atoms with Crippen LogP contribution in [0, 0.1) is 6.92 Å². The van der Waals surface area contributed by atoms with Gasteiger partial charge in [0.05, 0.1) is 29.4 Å². The fourth-order valence-corrected chi connectivity index (χ4v) is 5.03. The third-order valence-corrected chi connectivity index (χ3v) is 6.00. The lowest BCUT2D eigenvalue weighted by molar-refractivity contribution is 0.127. The summed E-state index contributed by atoms with van der Waals surface area (Å²) in [4.78, 5) is 4.23. The average molecular weight is 433 g/mol. The zero-order valence-corrected chi connectivity index (χ0v) is 19.0. The minimum absolute atomic E-state index is 0.0145. The van der Waals surface area contributed by atoms with E-state index in [-0.39, 0.29) is 22.9 Å². The lowest BCUT2D eigenvalue weighted by Crippen LogP contribution is -2.58. The Morgan fingerprint density at radius 1 is 1.03 bits per heavy atom. The minimum Gasteiger partial charge on any atom is -0.507 e. The first kappa shape index (κ1) is 20.6. The Kier molecular flexibility index (Phi) is 4.56. The van der Waals surface area contributed by atoms with E-state index >= 15 is 0 Å². The van der Waals surface area contributed by atoms with Gasteiger partial charge < -0.3 is 15.0 Å². The van der Waals surface area contributed by atoms with Crippen LogP contribution in [0.5, 0.6) is 5.75 Å². The van der Waals surface area contributed by atoms with Crippen molar-refractivity contribution in [3.8, 4) is 22.7 Å². The van der Waals surface area contributed by atoms with Crippen molar-refractivity contribution in [2.45, 2.75) is 64.6 Å². The van der Waals surface area contributed by atoms with E-state index in [4.69, 9.17) is 0 Å². The molecule has 5 rings (SSSR count). The third-order valence-electron chi connectivity index (χ3n) is 6.00. The Hall–Kier alpha value is -3.33. The summed E-state index contributed by atoms with van der Waals surface area (Å²) in [6, 6.07) is 7.45. The molecule has 1 aliphatic heterocycles. The van der Waals surface area contributed by atoms with Crippen LogP contribution in [-0.4, -0.2) is 50.9 Å². The monoisotopic (exact) mass is 432 g/mol. The van der Waals surface area contributed by atoms with Crippen molar-refractivity contribution >= 4 is 11.2 Å². The molecule has 1 saturated heterocycles. The number of imidazole rings is 1. The molecule has 2 N–H and O–H groups in total. The van der Waals surface area contributed by atoms with Gasteiger partial charge in [-0.3, -0.25) is 0 Å². The first-order valence-electron chi connectivity index (χ1n) is 10.8. The number of hydrogen-bond donors (Lipinski definition) is 2. The number of benzene rings is 1. The summed E-state index contributed by atoms with van der Waals surface area (Å²) < 4.78 is 3.77. The fourth-order valence-electron chi connectivity index (χ4n) is 5.03. The summed E-state index contributed by atoms with van der Waals surface area (Å²) in [6.07, 6.45) is 5.47. The summed E-state index contributed by atoms with van der Waals surface area (Å²) in [6.45, 7) is 10.8. The zero-order chi connectivity index (χ0) is 22.7. The summed E-state index contributed by atoms with van der Waals surface area (Å²) >= 11 is 0. The number of piperidine rings is 1. The summed E-state index contributed by atoms with van der Waals surface area (Å²) in [5.74, 6) is 0.122. The van der Waals surface area contributed by atoms with Gasteiger partial charge >= 0.3 is 0 Å². The largest absolute Gasteiger partial charge is 0.507 e. The van der Waals surface area contributed by atoms with Crippen molar-refractivity contribution in [2.75, 3.05) is 0 Å². The second-order valence-electron chi connectivity index (χ2n) is 10.1. The molecule has 4 aromatic rings. The van der Waals surface area contributed by atoms with E-state index in [9.17, 15) is 5.11 Å². The topological polar surface area (TPSA) is 107 Å². The predicted molar refractivity (Wildman–Crippen MR) is 122 cm³/mol. The molecule has 32 heavy (non-hydrogen) atoms. The zero-order valence-electron chi connectivity index (χ0n) is 19.0. The van der Waals surface area contributed by atoms with Gasteiger partial charge in [0.15, 0.2) is 0 Å². The number of phenols is 1. The van der Waals surface area contributed by atoms with E-state index in [1.54, 1.807) is 12.4 Å². The Labute approximate surface area is 186 Å². The molecule has 166 valence electrons. The number of aromatic nitrogens is 7. The van der Waals surface area contributed by atoms with Crippen molar-refractivity contribution in [1.82, 2.24) is 40.1 Å². The average Bonchev–Trinajstić information content (AvgIpc) is 3.31. The number of nitrogens with one attached hydrogen (secondary N) is 1. The van der Waals surface area contributed by atoms with Crippen LogP contribution in [0.1, 0.15) is 52.3 Å². The van der Waals surface area contributed by atoms with Gasteiger partial charge in [0, 0.05) is 28.9 Å². The van der Waals surface area contributed by atoms with Crippen LogP contribution < -0.4 is 5.32 Å². The van der Waals surface area contributed by atoms with E-state index in [1.807, 2.05) is 40.6 Å². The van der Waals surface area contributed by atoms with Crippen LogP contribution in [0.25, 0.3) is 28.1 Å². The highest BCUT2D eigenvalue weighted by atomic mass is 16.3. The number of phenolic OH excluding ortho intramolecular Hbond substituents is 1. The van der Waals surface area contributed by atoms with Gasteiger partial charge in [0.1, 0.15) is 11.3 Å². The smallest absolute Gasteiger partial charge is 0.201 e. The molecular formula is C23H28N8O. The van der Waals surface area contributed by atoms with E-state index in [0.29, 0.717) is 22.4 Å². The normalized spacial score (nSPS) is 18.3. The third kappa shape index (κ3) is 3.73. The predicted octanol–water partition coefficient (Wildman–Crippen LogP) is 3.57. The van der Waals surface area contributed by atoms with E-state index in [2.05, 4.69) is 58.5 Å². The highest BCUT2D eigenvalue weighted by molar-refractivity contribution is 5.77. The summed E-state index contributed by atoms with van der Waals surface area (Å²) in [5.41, 5.74) is 4.19. The highest BCUT2D eigenvalue weighted by Gasteiger charge is 2.39. The standard InChI is InChI=1S/C23H28N8O/c1-14-12-30(13-24-14)15-6-7-17(20(32)8-15)18-9-19-21(27-25-18)31(29-26-19)16-10-22(2,3)28-23(4,5)11-16/h6-9,12-13,16,28,32H,10-11H2,1-5H3. The van der Waals surface area contributed by atoms with Gasteiger partial charge in [-0.1, -0.05) is 5.21 Å². The Morgan fingerprint density at radius 2 is 1.78 bits per heavy atom. The molecule has 3 aromatic heterocycles. The number of aryl methyl sites for hydroxylation is 1. The van der Waals surface area contributed by atoms with Gasteiger partial charge in [-0.25, -0.2) is 9.67 Å². The van der Waals surface area contributed by atoms with Crippen LogP contribution in [0.2, 0.25) is 0 Å². The molecule has 9 nitrogen and oxygen atoms in total. The summed E-state index contributed by atoms with van der Waals surface area (Å²) in [7, 11) is 0. The Balaban J connectivity index is 1.48. The van der Waals surface area contributed by atoms with Gasteiger partial charge in [-0.05, 0) is 65.7 Å². The van der Waals surface area contributed by atoms with Crippen molar-refractivity contribution in [3.05, 3.63) is 42.5 Å². The highest BCUT2D eigenvalue weighted by Crippen LogP contribution is 2.37. The minimum atomic E-state index is -0.0145. The Morgan fingerprint density at radius 3 is 2.44 bits per heavy atom. The summed E-state index contributed by atoms with van der Waals surface area (Å²) in [5, 5.41) is 32.0. The van der Waals surface area contributed by atoms with E-state index in [1.165, 1.54) is 0 Å². The SMILES string of the molecule is Cc1cn(-c2ccc(-c3cc4nnn(C5CC(C)(C)NC(C)(C)C5)c4nn3)c(O)c2)cn1. The first-order valence-corrected chi connectivity index (χ1v) is 10.8. The lowest BCUT2D eigenvalue weighted by atomic mass is 9.80. The molecule has 1 fully saturated rings. The molecule has 4 heterocycles. The van der Waals surface area contributed by atoms with Crippen molar-refractivity contribution in [1.29, 1.82) is 0 Å². The first-order chi connectivity index (χ1) is 15.1. The molecule has 0 aliphatic carbocycles. The van der Waals surface area contributed by atoms with Gasteiger partial charge in [-0.15, -0.1) is 15.3 Å². The molecule has 0 atom stereocenters. The van der Waals surface area contributed by atoms with E-state index in [0.717, 1.165) is 24.2 Å². The number of nitrogens with zero attached hydrogens (tertiary/aromatic N) is 7. The van der Waals surface area contributed by atoms with Gasteiger partial charge in [0.25, 0.3) is 0 Å². The number of rotatable bonds is 3. The van der Waals surface area contributed by atoms with Crippen LogP contribution >= 0.6 is 0 Å². The van der Waals surface area contributed by atoms with Crippen LogP contribution in [0.4, 0.5) is 0 Å². The maximum atomic E-state index is 10.7. The number of aromatic hydroxyl groups is 1. The fraction of sp³-hybridized carbons (Fsp3) is 0.435. The molecular weight excluding hydrogens is 404 g/mol. The quantitative estimate of drug-likeness (QED) is 0.510. The molecule has 1 aliphatic rings. The number of hydrogen-bond acceptors (Lipinski definition) is 7. The second kappa shape index (κ2) is 7.09. The van der Waals surface area contributed by atoms with Gasteiger partial charge in [-0.2, -0.15) is 0 Å². The van der Waals surface area contributed by atoms with Crippen LogP contribution in [0.15, 0.2) is 36.8 Å². The maximum absolute atomic E-state index is 10.7. The molecule has 0 radical (unpaired) electrons. The van der Waals surface area contributed by atoms with Crippen LogP contribution in [-0.2, 0) is 0 Å². The molecule has 1 aromatic carbocycles. The molecule has 0 unspecified atom stereocenters. The Bertz CT molecular complexity index is 1290. The molecule has 0 amide bonds. The van der Waals surface area contributed by atoms with Crippen LogP contribution in [0.3, 0.4) is 0 Å². The van der Waals surface area contributed by atoms with Gasteiger partial charge in [0.2, 0.25) is 5.65 Å². The van der Waals surface area contributed by atoms with Crippen molar-refractivity contribution in [3.63, 3.8) is 0 Å². The van der Waals surface area contributed by atoms with E-state index < -0.39 is 0 Å². The second-order valence-corrected chi connectivity index (χ2v) is 10.1. The lowest BCUT2D eigenvalue weighted by Gasteiger charge is -2.46.